The van der Waals surface area contributed by atoms with Gasteiger partial charge in [-0.1, -0.05) is 29.3 Å². The minimum Gasteiger partial charge on any atom is -0.397 e. The van der Waals surface area contributed by atoms with E-state index < -0.39 is 0 Å². The maximum Gasteiger partial charge on any atom is 0.141 e. The van der Waals surface area contributed by atoms with Gasteiger partial charge in [-0.2, -0.15) is 5.26 Å². The second-order valence-corrected chi connectivity index (χ2v) is 4.19. The van der Waals surface area contributed by atoms with E-state index in [0.717, 1.165) is 5.56 Å². The van der Waals surface area contributed by atoms with Crippen molar-refractivity contribution < 1.29 is 0 Å². The van der Waals surface area contributed by atoms with Gasteiger partial charge in [0.05, 0.1) is 21.4 Å². The molecule has 0 bridgehead atoms. The van der Waals surface area contributed by atoms with E-state index in [1.165, 1.54) is 0 Å². The first-order valence-electron chi connectivity index (χ1n) is 4.74. The molecule has 0 atom stereocenters. The Balaban J connectivity index is 2.60. The number of hydrogen-bond donors (Lipinski definition) is 1. The van der Waals surface area contributed by atoms with Crippen molar-refractivity contribution in [3.05, 3.63) is 46.1 Å². The molecule has 0 aliphatic rings. The van der Waals surface area contributed by atoms with Gasteiger partial charge in [0, 0.05) is 5.56 Å². The number of rotatable bonds is 1. The van der Waals surface area contributed by atoms with Gasteiger partial charge in [-0.25, -0.2) is 4.98 Å². The van der Waals surface area contributed by atoms with Gasteiger partial charge in [0.1, 0.15) is 11.8 Å². The average molecular weight is 264 g/mol. The lowest BCUT2D eigenvalue weighted by Gasteiger charge is -2.06. The van der Waals surface area contributed by atoms with Crippen molar-refractivity contribution in [3.8, 4) is 17.3 Å². The molecule has 0 saturated carbocycles. The van der Waals surface area contributed by atoms with Crippen LogP contribution in [0.3, 0.4) is 0 Å². The van der Waals surface area contributed by atoms with Crippen molar-refractivity contribution in [2.24, 2.45) is 0 Å². The number of aromatic nitrogens is 1. The standard InChI is InChI=1S/C12H7Cl2N3/c13-9-3-1-7(5-10(9)14)12-11(16)4-2-8(6-15)17-12/h1-5H,16H2. The molecular formula is C12H7Cl2N3. The van der Waals surface area contributed by atoms with E-state index in [4.69, 9.17) is 34.2 Å². The zero-order chi connectivity index (χ0) is 12.4. The van der Waals surface area contributed by atoms with E-state index in [-0.39, 0.29) is 0 Å². The molecule has 3 nitrogen and oxygen atoms in total. The van der Waals surface area contributed by atoms with Crippen LogP contribution in [0.5, 0.6) is 0 Å². The van der Waals surface area contributed by atoms with Gasteiger partial charge < -0.3 is 5.73 Å². The maximum absolute atomic E-state index is 8.80. The molecule has 2 aromatic rings. The number of nitrogen functional groups attached to an aromatic ring is 1. The fraction of sp³-hybridized carbons (Fsp3) is 0. The number of nitriles is 1. The van der Waals surface area contributed by atoms with Crippen molar-refractivity contribution in [1.29, 1.82) is 5.26 Å². The summed E-state index contributed by atoms with van der Waals surface area (Å²) in [5.74, 6) is 0. The molecule has 0 fully saturated rings. The molecule has 2 rings (SSSR count). The van der Waals surface area contributed by atoms with E-state index in [1.54, 1.807) is 30.3 Å². The van der Waals surface area contributed by atoms with Crippen LogP contribution in [-0.4, -0.2) is 4.98 Å². The van der Waals surface area contributed by atoms with Crippen LogP contribution in [-0.2, 0) is 0 Å². The highest BCUT2D eigenvalue weighted by atomic mass is 35.5. The lowest BCUT2D eigenvalue weighted by molar-refractivity contribution is 1.27. The van der Waals surface area contributed by atoms with E-state index in [2.05, 4.69) is 4.98 Å². The molecule has 17 heavy (non-hydrogen) atoms. The summed E-state index contributed by atoms with van der Waals surface area (Å²) in [6.45, 7) is 0. The molecule has 5 heteroatoms. The molecule has 0 amide bonds. The van der Waals surface area contributed by atoms with Gasteiger partial charge in [-0.05, 0) is 24.3 Å². The largest absolute Gasteiger partial charge is 0.397 e. The Labute approximate surface area is 108 Å². The first-order chi connectivity index (χ1) is 8.11. The van der Waals surface area contributed by atoms with Crippen LogP contribution in [0, 0.1) is 11.3 Å². The zero-order valence-electron chi connectivity index (χ0n) is 8.61. The summed E-state index contributed by atoms with van der Waals surface area (Å²) in [5.41, 5.74) is 7.87. The van der Waals surface area contributed by atoms with E-state index in [0.29, 0.717) is 27.1 Å². The highest BCUT2D eigenvalue weighted by Gasteiger charge is 2.08. The SMILES string of the molecule is N#Cc1ccc(N)c(-c2ccc(Cl)c(Cl)c2)n1. The number of pyridine rings is 1. The van der Waals surface area contributed by atoms with Gasteiger partial charge in [0.25, 0.3) is 0 Å². The van der Waals surface area contributed by atoms with E-state index in [1.807, 2.05) is 6.07 Å². The molecule has 0 aliphatic carbocycles. The van der Waals surface area contributed by atoms with Crippen molar-refractivity contribution in [3.63, 3.8) is 0 Å². The predicted molar refractivity (Wildman–Crippen MR) is 68.8 cm³/mol. The fourth-order valence-electron chi connectivity index (χ4n) is 1.41. The van der Waals surface area contributed by atoms with E-state index in [9.17, 15) is 0 Å². The lowest BCUT2D eigenvalue weighted by atomic mass is 10.1. The van der Waals surface area contributed by atoms with Crippen molar-refractivity contribution >= 4 is 28.9 Å². The monoisotopic (exact) mass is 263 g/mol. The van der Waals surface area contributed by atoms with Gasteiger partial charge in [-0.3, -0.25) is 0 Å². The Hall–Kier alpha value is -1.76. The maximum atomic E-state index is 8.80. The Morgan fingerprint density at radius 3 is 2.53 bits per heavy atom. The molecule has 0 aliphatic heterocycles. The zero-order valence-corrected chi connectivity index (χ0v) is 10.1. The molecule has 1 heterocycles. The molecular weight excluding hydrogens is 257 g/mol. The van der Waals surface area contributed by atoms with Crippen LogP contribution < -0.4 is 5.73 Å². The smallest absolute Gasteiger partial charge is 0.141 e. The van der Waals surface area contributed by atoms with Crippen molar-refractivity contribution in [1.82, 2.24) is 4.98 Å². The first-order valence-corrected chi connectivity index (χ1v) is 5.49. The van der Waals surface area contributed by atoms with Crippen molar-refractivity contribution in [2.75, 3.05) is 5.73 Å². The molecule has 2 N–H and O–H groups in total. The second-order valence-electron chi connectivity index (χ2n) is 3.38. The topological polar surface area (TPSA) is 62.7 Å². The van der Waals surface area contributed by atoms with Crippen LogP contribution in [0.25, 0.3) is 11.3 Å². The molecule has 0 spiro atoms. The second kappa shape index (κ2) is 4.62. The minimum absolute atomic E-state index is 0.306. The molecule has 1 aromatic heterocycles. The van der Waals surface area contributed by atoms with Crippen LogP contribution in [0.15, 0.2) is 30.3 Å². The summed E-state index contributed by atoms with van der Waals surface area (Å²) in [5, 5.41) is 9.69. The highest BCUT2D eigenvalue weighted by Crippen LogP contribution is 2.30. The number of halogens is 2. The minimum atomic E-state index is 0.306. The van der Waals surface area contributed by atoms with Gasteiger partial charge >= 0.3 is 0 Å². The summed E-state index contributed by atoms with van der Waals surface area (Å²) in [6, 6.07) is 10.3. The number of benzene rings is 1. The summed E-state index contributed by atoms with van der Waals surface area (Å²) >= 11 is 11.8. The average Bonchev–Trinajstić information content (AvgIpc) is 2.33. The number of anilines is 1. The van der Waals surface area contributed by atoms with Gasteiger partial charge in [0.15, 0.2) is 0 Å². The normalized spacial score (nSPS) is 9.94. The van der Waals surface area contributed by atoms with Gasteiger partial charge in [0.2, 0.25) is 0 Å². The number of nitrogens with two attached hydrogens (primary N) is 1. The van der Waals surface area contributed by atoms with E-state index >= 15 is 0 Å². The summed E-state index contributed by atoms with van der Waals surface area (Å²) in [6.07, 6.45) is 0. The predicted octanol–water partition coefficient (Wildman–Crippen LogP) is 3.51. The summed E-state index contributed by atoms with van der Waals surface area (Å²) < 4.78 is 0. The Morgan fingerprint density at radius 1 is 1.12 bits per heavy atom. The third kappa shape index (κ3) is 2.33. The lowest BCUT2D eigenvalue weighted by Crippen LogP contribution is -1.95. The molecule has 0 saturated heterocycles. The van der Waals surface area contributed by atoms with Crippen LogP contribution in [0.2, 0.25) is 10.0 Å². The fourth-order valence-corrected chi connectivity index (χ4v) is 1.70. The Bertz CT molecular complexity index is 618. The summed E-state index contributed by atoms with van der Waals surface area (Å²) in [4.78, 5) is 4.14. The van der Waals surface area contributed by atoms with Crippen LogP contribution in [0.1, 0.15) is 5.69 Å². The Morgan fingerprint density at radius 2 is 1.88 bits per heavy atom. The molecule has 1 aromatic carbocycles. The highest BCUT2D eigenvalue weighted by molar-refractivity contribution is 6.42. The molecule has 0 unspecified atom stereocenters. The Kier molecular flexibility index (Phi) is 3.19. The quantitative estimate of drug-likeness (QED) is 0.857. The third-order valence-corrected chi connectivity index (χ3v) is 2.97. The number of nitrogens with zero attached hydrogens (tertiary/aromatic N) is 2. The molecule has 0 radical (unpaired) electrons. The van der Waals surface area contributed by atoms with Crippen LogP contribution >= 0.6 is 23.2 Å². The third-order valence-electron chi connectivity index (χ3n) is 2.23. The van der Waals surface area contributed by atoms with Gasteiger partial charge in [-0.15, -0.1) is 0 Å². The van der Waals surface area contributed by atoms with Crippen LogP contribution in [0.4, 0.5) is 5.69 Å². The number of hydrogen-bond acceptors (Lipinski definition) is 3. The molecule has 84 valence electrons. The first kappa shape index (κ1) is 11.7. The summed E-state index contributed by atoms with van der Waals surface area (Å²) in [7, 11) is 0. The van der Waals surface area contributed by atoms with Crippen molar-refractivity contribution in [2.45, 2.75) is 0 Å².